The summed E-state index contributed by atoms with van der Waals surface area (Å²) in [5, 5.41) is 2.95. The highest BCUT2D eigenvalue weighted by Gasteiger charge is 2.11. The molecular weight excluding hydrogens is 505 g/mol. The SMILES string of the molecule is COc1ccc(CN=C(N)NCCCS(=O)(=O)Cc2ccccc2)cc1OC.I. The van der Waals surface area contributed by atoms with Gasteiger partial charge in [0.2, 0.25) is 0 Å². The lowest BCUT2D eigenvalue weighted by atomic mass is 10.2. The summed E-state index contributed by atoms with van der Waals surface area (Å²) in [4.78, 5) is 4.26. The second-order valence-electron chi connectivity index (χ2n) is 6.25. The molecule has 3 N–H and O–H groups in total. The molecular formula is C20H28IN3O4S. The molecule has 0 spiro atoms. The average Bonchev–Trinajstić information content (AvgIpc) is 2.69. The van der Waals surface area contributed by atoms with Gasteiger partial charge in [0.25, 0.3) is 0 Å². The molecule has 0 amide bonds. The van der Waals surface area contributed by atoms with Crippen molar-refractivity contribution in [3.63, 3.8) is 0 Å². The van der Waals surface area contributed by atoms with Crippen LogP contribution in [0.3, 0.4) is 0 Å². The number of rotatable bonds is 10. The number of guanidine groups is 1. The Hall–Kier alpha value is -2.01. The van der Waals surface area contributed by atoms with Crippen LogP contribution in [0.25, 0.3) is 0 Å². The van der Waals surface area contributed by atoms with E-state index in [1.54, 1.807) is 14.2 Å². The molecule has 2 aromatic carbocycles. The van der Waals surface area contributed by atoms with E-state index in [9.17, 15) is 8.42 Å². The summed E-state index contributed by atoms with van der Waals surface area (Å²) in [5.41, 5.74) is 7.58. The predicted molar refractivity (Wildman–Crippen MR) is 127 cm³/mol. The quantitative estimate of drug-likeness (QED) is 0.211. The van der Waals surface area contributed by atoms with Crippen molar-refractivity contribution < 1.29 is 17.9 Å². The Kier molecular flexibility index (Phi) is 10.8. The van der Waals surface area contributed by atoms with Crippen molar-refractivity contribution in [1.29, 1.82) is 0 Å². The average molecular weight is 533 g/mol. The number of hydrogen-bond acceptors (Lipinski definition) is 5. The molecule has 0 atom stereocenters. The zero-order chi connectivity index (χ0) is 20.4. The smallest absolute Gasteiger partial charge is 0.188 e. The third kappa shape index (κ3) is 8.90. The van der Waals surface area contributed by atoms with Gasteiger partial charge in [-0.3, -0.25) is 0 Å². The van der Waals surface area contributed by atoms with Gasteiger partial charge in [-0.05, 0) is 29.7 Å². The molecule has 2 aromatic rings. The first kappa shape index (κ1) is 25.0. The van der Waals surface area contributed by atoms with Gasteiger partial charge in [0.1, 0.15) is 0 Å². The van der Waals surface area contributed by atoms with E-state index >= 15 is 0 Å². The monoisotopic (exact) mass is 533 g/mol. The first-order valence-electron chi connectivity index (χ1n) is 8.92. The highest BCUT2D eigenvalue weighted by atomic mass is 127. The molecule has 2 rings (SSSR count). The number of ether oxygens (including phenoxy) is 2. The van der Waals surface area contributed by atoms with Gasteiger partial charge in [-0.1, -0.05) is 36.4 Å². The molecule has 0 aromatic heterocycles. The van der Waals surface area contributed by atoms with E-state index in [2.05, 4.69) is 10.3 Å². The van der Waals surface area contributed by atoms with Crippen LogP contribution in [0.1, 0.15) is 17.5 Å². The number of aliphatic imine (C=N–C) groups is 1. The number of hydrogen-bond donors (Lipinski definition) is 2. The maximum absolute atomic E-state index is 12.2. The fourth-order valence-corrected chi connectivity index (χ4v) is 4.05. The maximum atomic E-state index is 12.2. The lowest BCUT2D eigenvalue weighted by molar-refractivity contribution is 0.354. The predicted octanol–water partition coefficient (Wildman–Crippen LogP) is 2.73. The van der Waals surface area contributed by atoms with E-state index in [1.165, 1.54) is 0 Å². The Balaban J connectivity index is 0.00000420. The van der Waals surface area contributed by atoms with Gasteiger partial charge in [-0.25, -0.2) is 13.4 Å². The number of methoxy groups -OCH3 is 2. The zero-order valence-corrected chi connectivity index (χ0v) is 19.8. The van der Waals surface area contributed by atoms with E-state index in [0.717, 1.165) is 11.1 Å². The molecule has 160 valence electrons. The van der Waals surface area contributed by atoms with Crippen LogP contribution < -0.4 is 20.5 Å². The van der Waals surface area contributed by atoms with E-state index < -0.39 is 9.84 Å². The van der Waals surface area contributed by atoms with Gasteiger partial charge in [0.05, 0.1) is 32.3 Å². The second-order valence-corrected chi connectivity index (χ2v) is 8.43. The summed E-state index contributed by atoms with van der Waals surface area (Å²) < 4.78 is 34.8. The van der Waals surface area contributed by atoms with Gasteiger partial charge in [0, 0.05) is 6.54 Å². The molecule has 0 unspecified atom stereocenters. The number of sulfone groups is 1. The Morgan fingerprint density at radius 3 is 2.38 bits per heavy atom. The number of nitrogens with two attached hydrogens (primary N) is 1. The first-order valence-corrected chi connectivity index (χ1v) is 10.7. The van der Waals surface area contributed by atoms with Crippen LogP contribution in [0.5, 0.6) is 11.5 Å². The van der Waals surface area contributed by atoms with Gasteiger partial charge >= 0.3 is 0 Å². The lowest BCUT2D eigenvalue weighted by Crippen LogP contribution is -2.33. The fraction of sp³-hybridized carbons (Fsp3) is 0.350. The fourth-order valence-electron chi connectivity index (χ4n) is 2.62. The molecule has 0 heterocycles. The molecule has 0 bridgehead atoms. The Bertz CT molecular complexity index is 890. The second kappa shape index (κ2) is 12.5. The van der Waals surface area contributed by atoms with E-state index in [0.29, 0.717) is 31.0 Å². The third-order valence-electron chi connectivity index (χ3n) is 4.05. The summed E-state index contributed by atoms with van der Waals surface area (Å²) in [6.45, 7) is 0.820. The number of halogens is 1. The first-order chi connectivity index (χ1) is 13.4. The molecule has 0 fully saturated rings. The van der Waals surface area contributed by atoms with Gasteiger partial charge in [-0.15, -0.1) is 24.0 Å². The van der Waals surface area contributed by atoms with E-state index in [4.69, 9.17) is 15.2 Å². The summed E-state index contributed by atoms with van der Waals surface area (Å²) in [7, 11) is 0.00843. The Morgan fingerprint density at radius 2 is 1.72 bits per heavy atom. The van der Waals surface area contributed by atoms with Crippen LogP contribution >= 0.6 is 24.0 Å². The molecule has 7 nitrogen and oxygen atoms in total. The number of benzene rings is 2. The highest BCUT2D eigenvalue weighted by Crippen LogP contribution is 2.27. The van der Waals surface area contributed by atoms with Crippen molar-refractivity contribution in [1.82, 2.24) is 5.32 Å². The molecule has 0 saturated carbocycles. The van der Waals surface area contributed by atoms with Crippen molar-refractivity contribution >= 4 is 39.8 Å². The van der Waals surface area contributed by atoms with Crippen molar-refractivity contribution in [2.45, 2.75) is 18.7 Å². The molecule has 0 aliphatic carbocycles. The minimum atomic E-state index is -3.15. The van der Waals surface area contributed by atoms with Gasteiger partial charge in [0.15, 0.2) is 27.3 Å². The number of nitrogens with one attached hydrogen (secondary N) is 1. The Morgan fingerprint density at radius 1 is 1.03 bits per heavy atom. The molecule has 9 heteroatoms. The minimum absolute atomic E-state index is 0. The lowest BCUT2D eigenvalue weighted by Gasteiger charge is -2.09. The highest BCUT2D eigenvalue weighted by molar-refractivity contribution is 14.0. The summed E-state index contributed by atoms with van der Waals surface area (Å²) in [5.74, 6) is 1.70. The third-order valence-corrected chi connectivity index (χ3v) is 5.73. The number of nitrogens with zero attached hydrogens (tertiary/aromatic N) is 1. The normalized spacial score (nSPS) is 11.4. The van der Waals surface area contributed by atoms with Crippen molar-refractivity contribution in [2.75, 3.05) is 26.5 Å². The van der Waals surface area contributed by atoms with Crippen LogP contribution in [0.2, 0.25) is 0 Å². The molecule has 29 heavy (non-hydrogen) atoms. The van der Waals surface area contributed by atoms with Crippen LogP contribution in [0, 0.1) is 0 Å². The molecule has 0 radical (unpaired) electrons. The summed E-state index contributed by atoms with van der Waals surface area (Å²) in [6, 6.07) is 14.7. The van der Waals surface area contributed by atoms with Crippen LogP contribution in [-0.2, 0) is 22.1 Å². The maximum Gasteiger partial charge on any atom is 0.188 e. The van der Waals surface area contributed by atoms with Gasteiger partial charge < -0.3 is 20.5 Å². The standard InChI is InChI=1S/C20H27N3O4S.HI/c1-26-18-10-9-17(13-19(18)27-2)14-23-20(21)22-11-6-12-28(24,25)15-16-7-4-3-5-8-16;/h3-5,7-10,13H,6,11-12,14-15H2,1-2H3,(H3,21,22,23);1H. The van der Waals surface area contributed by atoms with E-state index in [1.807, 2.05) is 48.5 Å². The topological polar surface area (TPSA) is 103 Å². The van der Waals surface area contributed by atoms with Gasteiger partial charge in [-0.2, -0.15) is 0 Å². The summed E-state index contributed by atoms with van der Waals surface area (Å²) in [6.07, 6.45) is 0.460. The Labute approximate surface area is 189 Å². The summed E-state index contributed by atoms with van der Waals surface area (Å²) >= 11 is 0. The van der Waals surface area contributed by atoms with E-state index in [-0.39, 0.29) is 41.4 Å². The van der Waals surface area contributed by atoms with Crippen LogP contribution in [-0.4, -0.2) is 40.9 Å². The zero-order valence-electron chi connectivity index (χ0n) is 16.6. The molecule has 0 aliphatic heterocycles. The molecule has 0 saturated heterocycles. The van der Waals surface area contributed by atoms with Crippen molar-refractivity contribution in [3.8, 4) is 11.5 Å². The molecule has 0 aliphatic rings. The minimum Gasteiger partial charge on any atom is -0.493 e. The van der Waals surface area contributed by atoms with Crippen LogP contribution in [0.4, 0.5) is 0 Å². The van der Waals surface area contributed by atoms with Crippen molar-refractivity contribution in [3.05, 3.63) is 59.7 Å². The largest absolute Gasteiger partial charge is 0.493 e. The van der Waals surface area contributed by atoms with Crippen LogP contribution in [0.15, 0.2) is 53.5 Å². The van der Waals surface area contributed by atoms with Crippen molar-refractivity contribution in [2.24, 2.45) is 10.7 Å².